The third-order valence-corrected chi connectivity index (χ3v) is 1.92. The van der Waals surface area contributed by atoms with Gasteiger partial charge in [0.2, 0.25) is 0 Å². The molecule has 3 heteroatoms. The largest absolute Gasteiger partial charge is 0.381 e. The van der Waals surface area contributed by atoms with Crippen LogP contribution in [0.25, 0.3) is 0 Å². The molecule has 2 atom stereocenters. The highest BCUT2D eigenvalue weighted by molar-refractivity contribution is 4.71. The van der Waals surface area contributed by atoms with E-state index in [1.54, 1.807) is 7.11 Å². The van der Waals surface area contributed by atoms with Gasteiger partial charge >= 0.3 is 0 Å². The highest BCUT2D eigenvalue weighted by Crippen LogP contribution is 2.14. The van der Waals surface area contributed by atoms with Gasteiger partial charge in [0, 0.05) is 26.7 Å². The van der Waals surface area contributed by atoms with Crippen LogP contribution in [0.4, 0.5) is 0 Å². The van der Waals surface area contributed by atoms with Crippen LogP contribution in [0.15, 0.2) is 0 Å². The van der Waals surface area contributed by atoms with Crippen LogP contribution in [0.1, 0.15) is 12.8 Å². The van der Waals surface area contributed by atoms with Gasteiger partial charge in [-0.15, -0.1) is 0 Å². The Morgan fingerprint density at radius 1 is 1.70 bits per heavy atom. The molecule has 60 valence electrons. The van der Waals surface area contributed by atoms with Crippen LogP contribution in [0, 0.1) is 0 Å². The van der Waals surface area contributed by atoms with E-state index in [1.165, 1.54) is 0 Å². The quantitative estimate of drug-likeness (QED) is 0.601. The maximum atomic E-state index is 5.44. The summed E-state index contributed by atoms with van der Waals surface area (Å²) in [5.41, 5.74) is 5.44. The summed E-state index contributed by atoms with van der Waals surface area (Å²) in [5.74, 6) is 0. The summed E-state index contributed by atoms with van der Waals surface area (Å²) in [6.45, 7) is 1.40. The first kappa shape index (κ1) is 7.98. The maximum Gasteiger partial charge on any atom is 0.0722 e. The smallest absolute Gasteiger partial charge is 0.0722 e. The van der Waals surface area contributed by atoms with Gasteiger partial charge in [-0.3, -0.25) is 0 Å². The predicted molar refractivity (Wildman–Crippen MR) is 38.8 cm³/mol. The molecule has 0 saturated carbocycles. The molecule has 0 bridgehead atoms. The molecule has 1 aliphatic rings. The van der Waals surface area contributed by atoms with E-state index in [0.717, 1.165) is 19.4 Å². The second-order valence-electron chi connectivity index (χ2n) is 2.61. The molecule has 1 aliphatic heterocycles. The fourth-order valence-electron chi connectivity index (χ4n) is 1.22. The van der Waals surface area contributed by atoms with Crippen molar-refractivity contribution in [1.82, 2.24) is 0 Å². The molecule has 1 rings (SSSR count). The molecular weight excluding hydrogens is 130 g/mol. The zero-order valence-corrected chi connectivity index (χ0v) is 6.38. The lowest BCUT2D eigenvalue weighted by Gasteiger charge is -2.27. The molecule has 1 saturated heterocycles. The number of hydrogen-bond acceptors (Lipinski definition) is 3. The zero-order chi connectivity index (χ0) is 7.40. The lowest BCUT2D eigenvalue weighted by Crippen LogP contribution is -2.35. The predicted octanol–water partition coefficient (Wildman–Crippen LogP) is 0.139. The summed E-state index contributed by atoms with van der Waals surface area (Å²) < 4.78 is 10.5. The zero-order valence-electron chi connectivity index (χ0n) is 6.38. The Hall–Kier alpha value is -0.120. The Balaban J connectivity index is 2.25. The number of rotatable bonds is 2. The molecule has 0 aromatic heterocycles. The van der Waals surface area contributed by atoms with Gasteiger partial charge in [0.15, 0.2) is 0 Å². The van der Waals surface area contributed by atoms with Crippen LogP contribution in [-0.2, 0) is 9.47 Å². The van der Waals surface area contributed by atoms with Crippen LogP contribution < -0.4 is 5.73 Å². The van der Waals surface area contributed by atoms with Crippen molar-refractivity contribution >= 4 is 0 Å². The van der Waals surface area contributed by atoms with E-state index >= 15 is 0 Å². The van der Waals surface area contributed by atoms with Crippen molar-refractivity contribution in [3.05, 3.63) is 0 Å². The molecule has 0 amide bonds. The summed E-state index contributed by atoms with van der Waals surface area (Å²) in [7, 11) is 1.74. The van der Waals surface area contributed by atoms with Crippen LogP contribution in [0.2, 0.25) is 0 Å². The molecule has 10 heavy (non-hydrogen) atoms. The van der Waals surface area contributed by atoms with Gasteiger partial charge < -0.3 is 15.2 Å². The standard InChI is InChI=1S/C7H15NO2/c1-9-6-2-3-10-7(4-6)5-8/h6-7H,2-5,8H2,1H3. The number of nitrogens with two attached hydrogens (primary N) is 1. The molecule has 1 fully saturated rings. The van der Waals surface area contributed by atoms with E-state index in [0.29, 0.717) is 12.6 Å². The summed E-state index contributed by atoms with van der Waals surface area (Å²) in [4.78, 5) is 0. The Bertz CT molecular complexity index is 87.6. The van der Waals surface area contributed by atoms with Gasteiger partial charge in [-0.2, -0.15) is 0 Å². The Morgan fingerprint density at radius 2 is 2.50 bits per heavy atom. The monoisotopic (exact) mass is 145 g/mol. The van der Waals surface area contributed by atoms with Gasteiger partial charge in [0.25, 0.3) is 0 Å². The number of ether oxygens (including phenoxy) is 2. The van der Waals surface area contributed by atoms with Gasteiger partial charge in [-0.1, -0.05) is 0 Å². The van der Waals surface area contributed by atoms with Crippen LogP contribution in [0.5, 0.6) is 0 Å². The molecule has 0 spiro atoms. The summed E-state index contributed by atoms with van der Waals surface area (Å²) in [6, 6.07) is 0. The Morgan fingerprint density at radius 3 is 3.10 bits per heavy atom. The van der Waals surface area contributed by atoms with Crippen molar-refractivity contribution in [3.8, 4) is 0 Å². The van der Waals surface area contributed by atoms with Crippen molar-refractivity contribution in [2.75, 3.05) is 20.3 Å². The third-order valence-electron chi connectivity index (χ3n) is 1.92. The average molecular weight is 145 g/mol. The fraction of sp³-hybridized carbons (Fsp3) is 1.00. The van der Waals surface area contributed by atoms with Crippen LogP contribution >= 0.6 is 0 Å². The molecular formula is C7H15NO2. The van der Waals surface area contributed by atoms with Crippen molar-refractivity contribution in [2.24, 2.45) is 5.73 Å². The molecule has 2 N–H and O–H groups in total. The van der Waals surface area contributed by atoms with E-state index in [-0.39, 0.29) is 6.10 Å². The fourth-order valence-corrected chi connectivity index (χ4v) is 1.22. The molecule has 0 radical (unpaired) electrons. The first-order valence-corrected chi connectivity index (χ1v) is 3.71. The number of hydrogen-bond donors (Lipinski definition) is 1. The molecule has 0 aromatic carbocycles. The average Bonchev–Trinajstić information content (AvgIpc) is 2.05. The molecule has 1 heterocycles. The molecule has 0 aromatic rings. The minimum atomic E-state index is 0.221. The maximum absolute atomic E-state index is 5.44. The van der Waals surface area contributed by atoms with E-state index in [2.05, 4.69) is 0 Å². The lowest BCUT2D eigenvalue weighted by molar-refractivity contribution is -0.0540. The van der Waals surface area contributed by atoms with E-state index in [1.807, 2.05) is 0 Å². The van der Waals surface area contributed by atoms with Crippen LogP contribution in [-0.4, -0.2) is 32.5 Å². The van der Waals surface area contributed by atoms with Crippen LogP contribution in [0.3, 0.4) is 0 Å². The van der Waals surface area contributed by atoms with Gasteiger partial charge in [0.1, 0.15) is 0 Å². The minimum Gasteiger partial charge on any atom is -0.381 e. The van der Waals surface area contributed by atoms with E-state index in [9.17, 15) is 0 Å². The summed E-state index contributed by atoms with van der Waals surface area (Å²) in [6.07, 6.45) is 2.54. The Labute approximate surface area is 61.5 Å². The molecule has 0 aliphatic carbocycles. The molecule has 3 nitrogen and oxygen atoms in total. The van der Waals surface area contributed by atoms with E-state index < -0.39 is 0 Å². The van der Waals surface area contributed by atoms with Crippen molar-refractivity contribution < 1.29 is 9.47 Å². The first-order chi connectivity index (χ1) is 4.86. The number of methoxy groups -OCH3 is 1. The van der Waals surface area contributed by atoms with Gasteiger partial charge in [0.05, 0.1) is 12.2 Å². The van der Waals surface area contributed by atoms with Gasteiger partial charge in [-0.25, -0.2) is 0 Å². The summed E-state index contributed by atoms with van der Waals surface area (Å²) >= 11 is 0. The first-order valence-electron chi connectivity index (χ1n) is 3.71. The lowest BCUT2D eigenvalue weighted by atomic mass is 10.1. The second kappa shape index (κ2) is 3.91. The highest BCUT2D eigenvalue weighted by Gasteiger charge is 2.20. The second-order valence-corrected chi connectivity index (χ2v) is 2.61. The van der Waals surface area contributed by atoms with E-state index in [4.69, 9.17) is 15.2 Å². The minimum absolute atomic E-state index is 0.221. The normalized spacial score (nSPS) is 34.2. The summed E-state index contributed by atoms with van der Waals surface area (Å²) in [5, 5.41) is 0. The SMILES string of the molecule is COC1CCOC(CN)C1. The Kier molecular flexibility index (Phi) is 3.12. The molecule has 2 unspecified atom stereocenters. The highest BCUT2D eigenvalue weighted by atomic mass is 16.5. The van der Waals surface area contributed by atoms with Gasteiger partial charge in [-0.05, 0) is 6.42 Å². The third kappa shape index (κ3) is 1.94. The van der Waals surface area contributed by atoms with Crippen molar-refractivity contribution in [3.63, 3.8) is 0 Å². The van der Waals surface area contributed by atoms with Crippen molar-refractivity contribution in [2.45, 2.75) is 25.0 Å². The van der Waals surface area contributed by atoms with Crippen molar-refractivity contribution in [1.29, 1.82) is 0 Å². The topological polar surface area (TPSA) is 44.5 Å².